The van der Waals surface area contributed by atoms with Crippen molar-refractivity contribution in [1.82, 2.24) is 9.71 Å². The van der Waals surface area contributed by atoms with Crippen molar-refractivity contribution in [3.8, 4) is 0 Å². The Morgan fingerprint density at radius 2 is 1.79 bits per heavy atom. The predicted octanol–water partition coefficient (Wildman–Crippen LogP) is 4.95. The van der Waals surface area contributed by atoms with E-state index in [1.807, 2.05) is 26.8 Å². The summed E-state index contributed by atoms with van der Waals surface area (Å²) in [4.78, 5) is 16.2. The number of nitrogens with one attached hydrogen (secondary N) is 1. The van der Waals surface area contributed by atoms with Crippen LogP contribution in [0.1, 0.15) is 60.6 Å². The molecule has 0 radical (unpaired) electrons. The van der Waals surface area contributed by atoms with E-state index in [2.05, 4.69) is 46.4 Å². The van der Waals surface area contributed by atoms with Gasteiger partial charge in [-0.1, -0.05) is 50.5 Å². The molecule has 0 saturated heterocycles. The lowest BCUT2D eigenvalue weighted by Gasteiger charge is -2.36. The van der Waals surface area contributed by atoms with Gasteiger partial charge < -0.3 is 9.66 Å². The molecule has 1 aromatic heterocycles. The van der Waals surface area contributed by atoms with Gasteiger partial charge in [0.15, 0.2) is 0 Å². The fraction of sp³-hybridized carbons (Fsp3) is 0.684. The number of rotatable bonds is 9. The van der Waals surface area contributed by atoms with Crippen molar-refractivity contribution in [2.24, 2.45) is 0 Å². The largest absolute Gasteiger partial charge is 0.598 e. The summed E-state index contributed by atoms with van der Waals surface area (Å²) in [6.45, 7) is 13.8. The van der Waals surface area contributed by atoms with Crippen molar-refractivity contribution in [2.75, 3.05) is 0 Å². The second kappa shape index (κ2) is 9.79. The van der Waals surface area contributed by atoms with Gasteiger partial charge >= 0.3 is 5.97 Å². The van der Waals surface area contributed by atoms with E-state index in [1.54, 1.807) is 6.92 Å². The summed E-state index contributed by atoms with van der Waals surface area (Å²) in [6, 6.07) is 5.09. The first-order chi connectivity index (χ1) is 12.8. The first-order valence-electron chi connectivity index (χ1n) is 9.54. The lowest BCUT2D eigenvalue weighted by Crippen LogP contribution is -2.53. The topological polar surface area (TPSA) is 85.3 Å². The maximum atomic E-state index is 12.8. The Balaban J connectivity index is 3.69. The van der Waals surface area contributed by atoms with E-state index in [0.717, 1.165) is 23.3 Å². The molecule has 160 valence electrons. The Hall–Kier alpha value is -0.123. The summed E-state index contributed by atoms with van der Waals surface area (Å²) in [5.41, 5.74) is -0.736. The second-order valence-electron chi connectivity index (χ2n) is 8.38. The molecule has 0 amide bonds. The van der Waals surface area contributed by atoms with Gasteiger partial charge in [0.2, 0.25) is 0 Å². The van der Waals surface area contributed by atoms with E-state index < -0.39 is 35.7 Å². The normalized spacial score (nSPS) is 15.9. The maximum absolute atomic E-state index is 12.8. The molecule has 9 heteroatoms. The van der Waals surface area contributed by atoms with Crippen molar-refractivity contribution in [3.63, 3.8) is 0 Å². The highest BCUT2D eigenvalue weighted by atomic mass is 79.9. The van der Waals surface area contributed by atoms with E-state index >= 15 is 0 Å². The molecule has 2 atom stereocenters. The van der Waals surface area contributed by atoms with E-state index in [1.165, 1.54) is 0 Å². The highest BCUT2D eigenvalue weighted by Crippen LogP contribution is 2.35. The van der Waals surface area contributed by atoms with Gasteiger partial charge in [0, 0.05) is 11.4 Å². The van der Waals surface area contributed by atoms with Crippen LogP contribution in [0.15, 0.2) is 10.7 Å². The zero-order valence-corrected chi connectivity index (χ0v) is 21.9. The van der Waals surface area contributed by atoms with Crippen LogP contribution in [0.25, 0.3) is 0 Å². The van der Waals surface area contributed by atoms with E-state index in [0.29, 0.717) is 15.3 Å². The van der Waals surface area contributed by atoms with E-state index in [-0.39, 0.29) is 6.42 Å². The minimum absolute atomic E-state index is 0.281. The Kier molecular flexibility index (Phi) is 9.06. The van der Waals surface area contributed by atoms with Crippen molar-refractivity contribution in [3.05, 3.63) is 21.4 Å². The number of nitrogens with zero attached hydrogens (tertiary/aromatic N) is 1. The molecule has 28 heavy (non-hydrogen) atoms. The van der Waals surface area contributed by atoms with Gasteiger partial charge in [-0.2, -0.15) is 0 Å². The van der Waals surface area contributed by atoms with Crippen LogP contribution < -0.4 is 9.91 Å². The molecule has 1 unspecified atom stereocenters. The molecule has 1 rings (SSSR count). The molecule has 0 saturated carbocycles. The van der Waals surface area contributed by atoms with Crippen molar-refractivity contribution >= 4 is 58.1 Å². The summed E-state index contributed by atoms with van der Waals surface area (Å²) in [7, 11) is -1.85. The summed E-state index contributed by atoms with van der Waals surface area (Å²) in [5.74, 6) is -1.01. The Morgan fingerprint density at radius 3 is 2.18 bits per heavy atom. The zero-order valence-electron chi connectivity index (χ0n) is 17.8. The second-order valence-corrected chi connectivity index (χ2v) is 16.8. The maximum Gasteiger partial charge on any atom is 0.305 e. The Bertz CT molecular complexity index is 705. The number of aliphatic carboxylic acids is 1. The number of hydrogen-bond acceptors (Lipinski definition) is 4. The SMILES string of the molecule is CC[Si](CC)(CC)c1cc(Br)nc(C(C)(CC(=O)O)N[S@+]([O-])C(C)(C)C)c1Cl. The molecule has 0 aliphatic rings. The van der Waals surface area contributed by atoms with Crippen LogP contribution in [0.2, 0.25) is 23.2 Å². The monoisotopic (exact) mass is 510 g/mol. The molecule has 0 aliphatic heterocycles. The minimum Gasteiger partial charge on any atom is -0.598 e. The molecule has 5 nitrogen and oxygen atoms in total. The standard InChI is InChI=1S/C19H32BrClN2O3SSi/c1-8-28(9-2,10-3)13-11-14(20)22-17(16(13)21)19(7,12-15(24)25)23-27(26)18(4,5)6/h11,23H,8-10,12H2,1-7H3,(H,24,25)/t19?,27-/m1/s1. The minimum atomic E-state index is -1.85. The third kappa shape index (κ3) is 5.73. The molecule has 2 N–H and O–H groups in total. The number of hydrogen-bond donors (Lipinski definition) is 2. The lowest BCUT2D eigenvalue weighted by molar-refractivity contribution is -0.138. The third-order valence-electron chi connectivity index (χ3n) is 5.43. The first kappa shape index (κ1) is 25.9. The first-order valence-corrected chi connectivity index (χ1v) is 14.5. The van der Waals surface area contributed by atoms with Crippen molar-refractivity contribution in [2.45, 2.75) is 83.3 Å². The smallest absolute Gasteiger partial charge is 0.305 e. The van der Waals surface area contributed by atoms with Crippen molar-refractivity contribution < 1.29 is 14.5 Å². The molecular weight excluding hydrogens is 480 g/mol. The lowest BCUT2D eigenvalue weighted by atomic mass is 9.94. The molecule has 0 spiro atoms. The van der Waals surface area contributed by atoms with E-state index in [4.69, 9.17) is 11.6 Å². The summed E-state index contributed by atoms with van der Waals surface area (Å²) in [6.07, 6.45) is -0.281. The highest BCUT2D eigenvalue weighted by Gasteiger charge is 2.43. The van der Waals surface area contributed by atoms with Crippen molar-refractivity contribution in [1.29, 1.82) is 0 Å². The van der Waals surface area contributed by atoms with Crippen LogP contribution in [-0.4, -0.2) is 33.4 Å². The third-order valence-corrected chi connectivity index (χ3v) is 13.7. The summed E-state index contributed by atoms with van der Waals surface area (Å²) < 4.78 is 15.9. The molecule has 0 bridgehead atoms. The summed E-state index contributed by atoms with van der Waals surface area (Å²) >= 11 is 8.89. The van der Waals surface area contributed by atoms with Crippen LogP contribution in [0, 0.1) is 0 Å². The Labute approximate surface area is 186 Å². The summed E-state index contributed by atoms with van der Waals surface area (Å²) in [5, 5.41) is 11.1. The van der Waals surface area contributed by atoms with Crippen LogP contribution in [0.3, 0.4) is 0 Å². The number of pyridine rings is 1. The van der Waals surface area contributed by atoms with Gasteiger partial charge in [-0.15, -0.1) is 4.72 Å². The molecule has 0 aromatic carbocycles. The van der Waals surface area contributed by atoms with Crippen LogP contribution in [-0.2, 0) is 21.7 Å². The molecule has 0 aliphatic carbocycles. The molecular formula is C19H32BrClN2O3SSi. The number of aromatic nitrogens is 1. The number of carboxylic acids is 1. The fourth-order valence-corrected chi connectivity index (χ4v) is 9.48. The van der Waals surface area contributed by atoms with Gasteiger partial charge in [-0.05, 0) is 54.9 Å². The fourth-order valence-electron chi connectivity index (χ4n) is 3.40. The molecule has 1 aromatic rings. The van der Waals surface area contributed by atoms with Gasteiger partial charge in [-0.3, -0.25) is 4.79 Å². The number of halogens is 2. The van der Waals surface area contributed by atoms with E-state index in [9.17, 15) is 14.5 Å². The highest BCUT2D eigenvalue weighted by molar-refractivity contribution is 9.10. The molecule has 0 fully saturated rings. The van der Waals surface area contributed by atoms with Crippen LogP contribution in [0.4, 0.5) is 0 Å². The van der Waals surface area contributed by atoms with Gasteiger partial charge in [0.05, 0.1) is 25.2 Å². The number of carboxylic acid groups (broad SMARTS) is 1. The van der Waals surface area contributed by atoms with Gasteiger partial charge in [-0.25, -0.2) is 4.98 Å². The van der Waals surface area contributed by atoms with Gasteiger partial charge in [0.1, 0.15) is 14.9 Å². The average Bonchev–Trinajstić information content (AvgIpc) is 2.57. The van der Waals surface area contributed by atoms with Crippen LogP contribution in [0.5, 0.6) is 0 Å². The number of carbonyl (C=O) groups is 1. The zero-order chi connectivity index (χ0) is 21.9. The average molecular weight is 512 g/mol. The Morgan fingerprint density at radius 1 is 1.29 bits per heavy atom. The van der Waals surface area contributed by atoms with Crippen LogP contribution >= 0.6 is 27.5 Å². The molecule has 1 heterocycles. The van der Waals surface area contributed by atoms with Gasteiger partial charge in [0.25, 0.3) is 0 Å². The predicted molar refractivity (Wildman–Crippen MR) is 124 cm³/mol. The quantitative estimate of drug-likeness (QED) is 0.278.